The number of aromatic nitrogens is 1. The summed E-state index contributed by atoms with van der Waals surface area (Å²) in [6.45, 7) is 6.12. The van der Waals surface area contributed by atoms with E-state index in [1.54, 1.807) is 6.92 Å². The fourth-order valence-corrected chi connectivity index (χ4v) is 3.99. The van der Waals surface area contributed by atoms with E-state index in [2.05, 4.69) is 11.7 Å². The van der Waals surface area contributed by atoms with Crippen molar-refractivity contribution in [3.63, 3.8) is 0 Å². The maximum Gasteiger partial charge on any atom is 0.374 e. The molecule has 2 rings (SSSR count). The Hall–Kier alpha value is -1.67. The van der Waals surface area contributed by atoms with Gasteiger partial charge in [-0.3, -0.25) is 0 Å². The van der Waals surface area contributed by atoms with E-state index in [1.807, 2.05) is 0 Å². The van der Waals surface area contributed by atoms with Gasteiger partial charge < -0.3 is 9.63 Å². The number of rotatable bonds is 5. The molecule has 0 radical (unpaired) electrons. The molecule has 1 fully saturated rings. The molecule has 0 atom stereocenters. The lowest BCUT2D eigenvalue weighted by Crippen LogP contribution is -2.39. The SMILES string of the molecule is C=C(C)CS(=O)(=O)N1CCC(c2cc(C(=O)O)on2)CC1. The van der Waals surface area contributed by atoms with Gasteiger partial charge in [0.1, 0.15) is 0 Å². The summed E-state index contributed by atoms with van der Waals surface area (Å²) in [6, 6.07) is 1.41. The van der Waals surface area contributed by atoms with Crippen molar-refractivity contribution in [2.24, 2.45) is 0 Å². The third kappa shape index (κ3) is 3.70. The lowest BCUT2D eigenvalue weighted by atomic mass is 9.94. The van der Waals surface area contributed by atoms with Crippen molar-refractivity contribution in [1.82, 2.24) is 9.46 Å². The first kappa shape index (κ1) is 15.7. The highest BCUT2D eigenvalue weighted by molar-refractivity contribution is 7.89. The number of carboxylic acid groups (broad SMARTS) is 1. The molecule has 0 amide bonds. The second kappa shape index (κ2) is 5.98. The van der Waals surface area contributed by atoms with Crippen LogP contribution in [-0.2, 0) is 10.0 Å². The molecule has 0 spiro atoms. The van der Waals surface area contributed by atoms with Gasteiger partial charge in [-0.1, -0.05) is 17.3 Å². The second-order valence-corrected chi connectivity index (χ2v) is 7.28. The molecule has 1 N–H and O–H groups in total. The van der Waals surface area contributed by atoms with Gasteiger partial charge in [0.05, 0.1) is 11.4 Å². The molecule has 1 aliphatic heterocycles. The van der Waals surface area contributed by atoms with Crippen LogP contribution in [0.3, 0.4) is 0 Å². The first-order valence-corrected chi connectivity index (χ1v) is 8.22. The summed E-state index contributed by atoms with van der Waals surface area (Å²) in [5.74, 6) is -1.36. The van der Waals surface area contributed by atoms with Crippen LogP contribution < -0.4 is 0 Å². The Morgan fingerprint density at radius 1 is 1.52 bits per heavy atom. The summed E-state index contributed by atoms with van der Waals surface area (Å²) < 4.78 is 30.4. The van der Waals surface area contributed by atoms with Gasteiger partial charge in [-0.25, -0.2) is 17.5 Å². The second-order valence-electron chi connectivity index (χ2n) is 5.31. The molecule has 0 unspecified atom stereocenters. The lowest BCUT2D eigenvalue weighted by molar-refractivity contribution is 0.0651. The number of aromatic carboxylic acids is 1. The zero-order chi connectivity index (χ0) is 15.6. The molecular weight excluding hydrogens is 296 g/mol. The van der Waals surface area contributed by atoms with E-state index in [4.69, 9.17) is 9.63 Å². The molecule has 1 aromatic heterocycles. The number of nitrogens with zero attached hydrogens (tertiary/aromatic N) is 2. The van der Waals surface area contributed by atoms with E-state index in [9.17, 15) is 13.2 Å². The predicted molar refractivity (Wildman–Crippen MR) is 75.6 cm³/mol. The van der Waals surface area contributed by atoms with Crippen LogP contribution in [0.15, 0.2) is 22.7 Å². The van der Waals surface area contributed by atoms with E-state index in [0.29, 0.717) is 37.2 Å². The Labute approximate surface area is 123 Å². The van der Waals surface area contributed by atoms with Gasteiger partial charge in [-0.2, -0.15) is 0 Å². The molecule has 116 valence electrons. The van der Waals surface area contributed by atoms with Crippen LogP contribution >= 0.6 is 0 Å². The van der Waals surface area contributed by atoms with Crippen LogP contribution in [0.2, 0.25) is 0 Å². The van der Waals surface area contributed by atoms with Crippen molar-refractivity contribution < 1.29 is 22.8 Å². The summed E-state index contributed by atoms with van der Waals surface area (Å²) in [7, 11) is -3.30. The van der Waals surface area contributed by atoms with E-state index in [-0.39, 0.29) is 17.4 Å². The van der Waals surface area contributed by atoms with Gasteiger partial charge in [-0.05, 0) is 19.8 Å². The van der Waals surface area contributed by atoms with Gasteiger partial charge in [0.25, 0.3) is 0 Å². The van der Waals surface area contributed by atoms with Gasteiger partial charge in [-0.15, -0.1) is 0 Å². The van der Waals surface area contributed by atoms with Crippen LogP contribution in [0, 0.1) is 0 Å². The van der Waals surface area contributed by atoms with Crippen LogP contribution in [0.25, 0.3) is 0 Å². The zero-order valence-electron chi connectivity index (χ0n) is 11.8. The summed E-state index contributed by atoms with van der Waals surface area (Å²) >= 11 is 0. The molecule has 0 saturated carbocycles. The highest BCUT2D eigenvalue weighted by Crippen LogP contribution is 2.29. The minimum atomic E-state index is -3.30. The molecule has 1 saturated heterocycles. The molecule has 0 bridgehead atoms. The number of carboxylic acids is 1. The third-order valence-corrected chi connectivity index (χ3v) is 5.44. The van der Waals surface area contributed by atoms with Crippen molar-refractivity contribution in [2.75, 3.05) is 18.8 Å². The molecule has 7 nitrogen and oxygen atoms in total. The largest absolute Gasteiger partial charge is 0.475 e. The molecule has 2 heterocycles. The number of carbonyl (C=O) groups is 1. The van der Waals surface area contributed by atoms with Crippen LogP contribution in [0.4, 0.5) is 0 Å². The lowest BCUT2D eigenvalue weighted by Gasteiger charge is -2.30. The van der Waals surface area contributed by atoms with Gasteiger partial charge in [0.15, 0.2) is 0 Å². The summed E-state index contributed by atoms with van der Waals surface area (Å²) in [6.07, 6.45) is 1.20. The van der Waals surface area contributed by atoms with Crippen molar-refractivity contribution in [3.8, 4) is 0 Å². The minimum Gasteiger partial charge on any atom is -0.475 e. The Kier molecular flexibility index (Phi) is 4.48. The van der Waals surface area contributed by atoms with E-state index in [1.165, 1.54) is 10.4 Å². The fraction of sp³-hybridized carbons (Fsp3) is 0.538. The number of sulfonamides is 1. The van der Waals surface area contributed by atoms with E-state index in [0.717, 1.165) is 0 Å². The Morgan fingerprint density at radius 3 is 2.62 bits per heavy atom. The van der Waals surface area contributed by atoms with Crippen molar-refractivity contribution in [3.05, 3.63) is 29.7 Å². The predicted octanol–water partition coefficient (Wildman–Crippen LogP) is 1.46. The molecule has 21 heavy (non-hydrogen) atoms. The van der Waals surface area contributed by atoms with Crippen molar-refractivity contribution >= 4 is 16.0 Å². The monoisotopic (exact) mass is 314 g/mol. The summed E-state index contributed by atoms with van der Waals surface area (Å²) in [5, 5.41) is 12.6. The maximum atomic E-state index is 12.1. The Morgan fingerprint density at radius 2 is 2.14 bits per heavy atom. The summed E-state index contributed by atoms with van der Waals surface area (Å²) in [4.78, 5) is 10.8. The third-order valence-electron chi connectivity index (χ3n) is 3.43. The zero-order valence-corrected chi connectivity index (χ0v) is 12.6. The Bertz CT molecular complexity index is 641. The number of hydrogen-bond acceptors (Lipinski definition) is 5. The van der Waals surface area contributed by atoms with Gasteiger partial charge in [0, 0.05) is 25.1 Å². The van der Waals surface area contributed by atoms with Crippen molar-refractivity contribution in [1.29, 1.82) is 0 Å². The average Bonchev–Trinajstić information content (AvgIpc) is 2.87. The van der Waals surface area contributed by atoms with Crippen LogP contribution in [0.1, 0.15) is 41.9 Å². The number of hydrogen-bond donors (Lipinski definition) is 1. The molecule has 1 aromatic rings. The minimum absolute atomic E-state index is 0.0260. The molecule has 8 heteroatoms. The summed E-state index contributed by atoms with van der Waals surface area (Å²) in [5.41, 5.74) is 1.18. The van der Waals surface area contributed by atoms with E-state index < -0.39 is 16.0 Å². The van der Waals surface area contributed by atoms with Crippen LogP contribution in [-0.4, -0.2) is 47.8 Å². The highest BCUT2D eigenvalue weighted by atomic mass is 32.2. The molecule has 1 aliphatic rings. The van der Waals surface area contributed by atoms with Crippen LogP contribution in [0.5, 0.6) is 0 Å². The molecule has 0 aromatic carbocycles. The normalized spacial score (nSPS) is 17.8. The maximum absolute atomic E-state index is 12.1. The molecule has 0 aliphatic carbocycles. The van der Waals surface area contributed by atoms with E-state index >= 15 is 0 Å². The standard InChI is InChI=1S/C13H18N2O5S/c1-9(2)8-21(18,19)15-5-3-10(4-6-15)11-7-12(13(16)17)20-14-11/h7,10H,1,3-6,8H2,2H3,(H,16,17). The Balaban J connectivity index is 1.99. The average molecular weight is 314 g/mol. The smallest absolute Gasteiger partial charge is 0.374 e. The number of piperidine rings is 1. The first-order chi connectivity index (χ1) is 9.79. The quantitative estimate of drug-likeness (QED) is 0.826. The molecular formula is C13H18N2O5S. The first-order valence-electron chi connectivity index (χ1n) is 6.61. The highest BCUT2D eigenvalue weighted by Gasteiger charge is 2.30. The van der Waals surface area contributed by atoms with Gasteiger partial charge in [0.2, 0.25) is 15.8 Å². The van der Waals surface area contributed by atoms with Gasteiger partial charge >= 0.3 is 5.97 Å². The topological polar surface area (TPSA) is 101 Å². The van der Waals surface area contributed by atoms with Crippen molar-refractivity contribution in [2.45, 2.75) is 25.7 Å². The fourth-order valence-electron chi connectivity index (χ4n) is 2.41.